The van der Waals surface area contributed by atoms with E-state index in [0.29, 0.717) is 17.7 Å². The number of Topliss-reactive ketones (excluding diaryl/α,β-unsaturated/α-hetero) is 1. The Bertz CT molecular complexity index is 960. The molecule has 0 spiro atoms. The van der Waals surface area contributed by atoms with Gasteiger partial charge in [-0.1, -0.05) is 13.8 Å². The van der Waals surface area contributed by atoms with Gasteiger partial charge in [0.25, 0.3) is 5.91 Å². The number of aryl methyl sites for hydroxylation is 1. The fraction of sp³-hybridized carbons (Fsp3) is 0.476. The van der Waals surface area contributed by atoms with Gasteiger partial charge in [-0.25, -0.2) is 4.68 Å². The van der Waals surface area contributed by atoms with Crippen LogP contribution in [0.4, 0.5) is 5.69 Å². The van der Waals surface area contributed by atoms with Crippen molar-refractivity contribution in [3.63, 3.8) is 0 Å². The summed E-state index contributed by atoms with van der Waals surface area (Å²) in [7, 11) is 0. The molecule has 0 saturated carbocycles. The number of rotatable bonds is 4. The normalized spacial score (nSPS) is 20.1. The van der Waals surface area contributed by atoms with Crippen molar-refractivity contribution in [2.24, 2.45) is 11.1 Å². The zero-order chi connectivity index (χ0) is 20.1. The first-order chi connectivity index (χ1) is 13.2. The van der Waals surface area contributed by atoms with Crippen LogP contribution in [0.15, 0.2) is 18.2 Å². The zero-order valence-corrected chi connectivity index (χ0v) is 17.9. The Morgan fingerprint density at radius 3 is 2.76 bits per heavy atom. The molecule has 1 atom stereocenters. The van der Waals surface area contributed by atoms with Crippen molar-refractivity contribution in [2.75, 3.05) is 18.4 Å². The summed E-state index contributed by atoms with van der Waals surface area (Å²) in [5.74, 6) is -0.311. The van der Waals surface area contributed by atoms with Gasteiger partial charge in [0, 0.05) is 24.7 Å². The lowest BCUT2D eigenvalue weighted by molar-refractivity contribution is 0.0909. The fourth-order valence-electron chi connectivity index (χ4n) is 4.35. The Morgan fingerprint density at radius 2 is 2.10 bits per heavy atom. The van der Waals surface area contributed by atoms with E-state index in [4.69, 9.17) is 5.73 Å². The molecule has 29 heavy (non-hydrogen) atoms. The Kier molecular flexibility index (Phi) is 5.74. The number of carbonyl (C=O) groups excluding carboxylic acids is 2. The molecule has 0 bridgehead atoms. The zero-order valence-electron chi connectivity index (χ0n) is 17.0. The Labute approximate surface area is 176 Å². The maximum Gasteiger partial charge on any atom is 0.250 e. The van der Waals surface area contributed by atoms with Crippen LogP contribution in [0.2, 0.25) is 0 Å². The van der Waals surface area contributed by atoms with Gasteiger partial charge in [-0.15, -0.1) is 12.4 Å². The Morgan fingerprint density at radius 1 is 1.34 bits per heavy atom. The van der Waals surface area contributed by atoms with Gasteiger partial charge in [-0.3, -0.25) is 9.59 Å². The molecule has 0 unspecified atom stereocenters. The maximum atomic E-state index is 12.7. The number of hydrogen-bond acceptors (Lipinski definition) is 5. The molecular weight excluding hydrogens is 390 g/mol. The number of ketones is 1. The summed E-state index contributed by atoms with van der Waals surface area (Å²) < 4.78 is 1.85. The highest BCUT2D eigenvalue weighted by atomic mass is 35.5. The van der Waals surface area contributed by atoms with E-state index < -0.39 is 5.91 Å². The topological polar surface area (TPSA) is 102 Å². The predicted octanol–water partition coefficient (Wildman–Crippen LogP) is 2.63. The number of nitrogens with one attached hydrogen (secondary N) is 2. The number of hydrogen-bond donors (Lipinski definition) is 3. The molecule has 0 radical (unpaired) electrons. The van der Waals surface area contributed by atoms with Gasteiger partial charge < -0.3 is 16.4 Å². The van der Waals surface area contributed by atoms with Crippen LogP contribution < -0.4 is 16.4 Å². The van der Waals surface area contributed by atoms with Crippen molar-refractivity contribution in [3.05, 3.63) is 40.7 Å². The van der Waals surface area contributed by atoms with E-state index >= 15 is 0 Å². The molecule has 7 nitrogen and oxygen atoms in total. The minimum Gasteiger partial charge on any atom is -0.380 e. The molecule has 1 aromatic heterocycles. The lowest BCUT2D eigenvalue weighted by Gasteiger charge is -2.29. The van der Waals surface area contributed by atoms with Crippen molar-refractivity contribution in [3.8, 4) is 5.69 Å². The van der Waals surface area contributed by atoms with Gasteiger partial charge in [0.05, 0.1) is 28.2 Å². The number of halogens is 1. The van der Waals surface area contributed by atoms with E-state index in [-0.39, 0.29) is 29.6 Å². The summed E-state index contributed by atoms with van der Waals surface area (Å²) in [6.07, 6.45) is 2.30. The van der Waals surface area contributed by atoms with E-state index in [9.17, 15) is 9.59 Å². The van der Waals surface area contributed by atoms with Crippen LogP contribution in [0.3, 0.4) is 0 Å². The number of aromatic nitrogens is 2. The molecule has 8 heteroatoms. The van der Waals surface area contributed by atoms with Crippen LogP contribution in [-0.2, 0) is 6.42 Å². The number of anilines is 1. The SMILES string of the molecule is Cc1nn(-c2ccc(C(N)=O)c(N[C@H]3CCNC3)c2)c2c1C(=O)CC(C)(C)C2.Cl. The third-order valence-electron chi connectivity index (χ3n) is 5.65. The molecule has 2 aliphatic rings. The standard InChI is InChI=1S/C21H27N5O2.ClH/c1-12-19-17(9-21(2,3)10-18(19)27)26(25-12)14-4-5-15(20(22)28)16(8-14)24-13-6-7-23-11-13;/h4-5,8,13,23-24H,6-7,9-11H2,1-3H3,(H2,22,28);1H/t13-;/m0./s1. The Balaban J connectivity index is 0.00000240. The van der Waals surface area contributed by atoms with Gasteiger partial charge in [0.15, 0.2) is 5.78 Å². The van der Waals surface area contributed by atoms with E-state index in [2.05, 4.69) is 29.6 Å². The number of nitrogens with zero attached hydrogens (tertiary/aromatic N) is 2. The summed E-state index contributed by atoms with van der Waals surface area (Å²) in [5, 5.41) is 11.4. The van der Waals surface area contributed by atoms with Gasteiger partial charge in [-0.2, -0.15) is 5.10 Å². The van der Waals surface area contributed by atoms with E-state index in [0.717, 1.165) is 48.6 Å². The second kappa shape index (κ2) is 7.80. The van der Waals surface area contributed by atoms with Crippen molar-refractivity contribution >= 4 is 29.8 Å². The average Bonchev–Trinajstić information content (AvgIpc) is 3.21. The van der Waals surface area contributed by atoms with Gasteiger partial charge in [-0.05, 0) is 49.9 Å². The number of fused-ring (bicyclic) bond motifs is 1. The first kappa shape index (κ1) is 21.3. The molecule has 1 aliphatic carbocycles. The third-order valence-corrected chi connectivity index (χ3v) is 5.65. The molecule has 2 heterocycles. The first-order valence-corrected chi connectivity index (χ1v) is 9.78. The largest absolute Gasteiger partial charge is 0.380 e. The van der Waals surface area contributed by atoms with Crippen LogP contribution in [0.25, 0.3) is 5.69 Å². The molecule has 4 N–H and O–H groups in total. The lowest BCUT2D eigenvalue weighted by Crippen LogP contribution is -2.28. The average molecular weight is 418 g/mol. The highest BCUT2D eigenvalue weighted by Gasteiger charge is 2.35. The smallest absolute Gasteiger partial charge is 0.250 e. The number of primary amides is 1. The van der Waals surface area contributed by atoms with Gasteiger partial charge in [0.2, 0.25) is 0 Å². The molecule has 1 fully saturated rings. The maximum absolute atomic E-state index is 12.7. The molecule has 156 valence electrons. The van der Waals surface area contributed by atoms with E-state index in [1.807, 2.05) is 23.7 Å². The Hall–Kier alpha value is -2.38. The van der Waals surface area contributed by atoms with E-state index in [1.54, 1.807) is 6.07 Å². The monoisotopic (exact) mass is 417 g/mol. The van der Waals surface area contributed by atoms with Crippen molar-refractivity contribution < 1.29 is 9.59 Å². The highest BCUT2D eigenvalue weighted by Crippen LogP contribution is 2.37. The van der Waals surface area contributed by atoms with E-state index in [1.165, 1.54) is 0 Å². The van der Waals surface area contributed by atoms with Crippen LogP contribution in [0, 0.1) is 12.3 Å². The minimum atomic E-state index is -0.463. The second-order valence-electron chi connectivity index (χ2n) is 8.69. The number of benzene rings is 1. The number of carbonyl (C=O) groups is 2. The summed E-state index contributed by atoms with van der Waals surface area (Å²) in [6, 6.07) is 5.75. The third kappa shape index (κ3) is 4.02. The molecular formula is C21H28ClN5O2. The summed E-state index contributed by atoms with van der Waals surface area (Å²) >= 11 is 0. The van der Waals surface area contributed by atoms with Crippen molar-refractivity contribution in [1.29, 1.82) is 0 Å². The van der Waals surface area contributed by atoms with Gasteiger partial charge in [0.1, 0.15) is 0 Å². The number of nitrogens with two attached hydrogens (primary N) is 1. The molecule has 1 aromatic carbocycles. The lowest BCUT2D eigenvalue weighted by atomic mass is 9.75. The van der Waals surface area contributed by atoms with Gasteiger partial charge >= 0.3 is 0 Å². The minimum absolute atomic E-state index is 0. The fourth-order valence-corrected chi connectivity index (χ4v) is 4.35. The number of amides is 1. The molecule has 1 aliphatic heterocycles. The summed E-state index contributed by atoms with van der Waals surface area (Å²) in [5.41, 5.74) is 9.93. The highest BCUT2D eigenvalue weighted by molar-refractivity contribution is 6.00. The van der Waals surface area contributed by atoms with Crippen LogP contribution in [0.5, 0.6) is 0 Å². The summed E-state index contributed by atoms with van der Waals surface area (Å²) in [6.45, 7) is 7.90. The second-order valence-corrected chi connectivity index (χ2v) is 8.69. The molecule has 1 saturated heterocycles. The first-order valence-electron chi connectivity index (χ1n) is 9.78. The van der Waals surface area contributed by atoms with Crippen molar-refractivity contribution in [2.45, 2.75) is 46.1 Å². The van der Waals surface area contributed by atoms with Crippen LogP contribution in [-0.4, -0.2) is 40.6 Å². The molecule has 4 rings (SSSR count). The van der Waals surface area contributed by atoms with Crippen LogP contribution >= 0.6 is 12.4 Å². The van der Waals surface area contributed by atoms with Crippen molar-refractivity contribution in [1.82, 2.24) is 15.1 Å². The summed E-state index contributed by atoms with van der Waals surface area (Å²) in [4.78, 5) is 24.6. The van der Waals surface area contributed by atoms with Crippen LogP contribution in [0.1, 0.15) is 58.8 Å². The predicted molar refractivity (Wildman–Crippen MR) is 115 cm³/mol. The molecule has 2 aromatic rings. The quantitative estimate of drug-likeness (QED) is 0.709. The molecule has 1 amide bonds.